The first kappa shape index (κ1) is 21.0. The van der Waals surface area contributed by atoms with Crippen molar-refractivity contribution in [3.8, 4) is 0 Å². The Morgan fingerprint density at radius 1 is 1.07 bits per heavy atom. The molecule has 1 aromatic carbocycles. The molecule has 2 N–H and O–H groups in total. The molecule has 4 nitrogen and oxygen atoms in total. The fourth-order valence-corrected chi connectivity index (χ4v) is 2.90. The van der Waals surface area contributed by atoms with Crippen molar-refractivity contribution in [1.29, 1.82) is 0 Å². The number of carbonyl (C=O) groups excluding carboxylic acids is 2. The Balaban J connectivity index is 1.85. The third-order valence-corrected chi connectivity index (χ3v) is 4.54. The van der Waals surface area contributed by atoms with Gasteiger partial charge in [-0.15, -0.1) is 11.3 Å². The van der Waals surface area contributed by atoms with Crippen molar-refractivity contribution in [3.63, 3.8) is 0 Å². The van der Waals surface area contributed by atoms with E-state index in [1.807, 2.05) is 0 Å². The van der Waals surface area contributed by atoms with Gasteiger partial charge in [-0.05, 0) is 35.6 Å². The molecule has 0 spiro atoms. The monoisotopic (exact) mass is 416 g/mol. The molecule has 1 aromatic heterocycles. The van der Waals surface area contributed by atoms with Crippen molar-refractivity contribution in [1.82, 2.24) is 10.6 Å². The van der Waals surface area contributed by atoms with E-state index in [1.165, 1.54) is 35.6 Å². The standard InChI is InChI=1S/C18H16ClF3N2O2S/c19-13-6-4-12(5-7-13)14(18(20,21)22)11-16(25)23-8-2-9-24-17(26)15-3-1-10-27-15/h1,3-7,10-11H,2,8-9H2,(H,23,25)(H,24,26). The van der Waals surface area contributed by atoms with Crippen molar-refractivity contribution < 1.29 is 22.8 Å². The van der Waals surface area contributed by atoms with Crippen molar-refractivity contribution in [2.24, 2.45) is 0 Å². The molecule has 2 amide bonds. The molecule has 0 saturated carbocycles. The lowest BCUT2D eigenvalue weighted by molar-refractivity contribution is -0.117. The van der Waals surface area contributed by atoms with Crippen LogP contribution in [0.5, 0.6) is 0 Å². The van der Waals surface area contributed by atoms with Gasteiger partial charge < -0.3 is 10.6 Å². The number of alkyl halides is 3. The molecule has 9 heteroatoms. The van der Waals surface area contributed by atoms with Crippen LogP contribution in [0.2, 0.25) is 5.02 Å². The lowest BCUT2D eigenvalue weighted by Gasteiger charge is -2.12. The fraction of sp³-hybridized carbons (Fsp3) is 0.222. The molecule has 2 aromatic rings. The van der Waals surface area contributed by atoms with Gasteiger partial charge in [-0.2, -0.15) is 13.2 Å². The second-order valence-corrected chi connectivity index (χ2v) is 6.82. The lowest BCUT2D eigenvalue weighted by atomic mass is 10.1. The molecule has 2 rings (SSSR count). The van der Waals surface area contributed by atoms with E-state index in [2.05, 4.69) is 10.6 Å². The van der Waals surface area contributed by atoms with Crippen LogP contribution in [-0.2, 0) is 4.79 Å². The maximum absolute atomic E-state index is 13.2. The minimum absolute atomic E-state index is 0.131. The maximum Gasteiger partial charge on any atom is 0.417 e. The highest BCUT2D eigenvalue weighted by Gasteiger charge is 2.35. The van der Waals surface area contributed by atoms with E-state index in [0.717, 1.165) is 0 Å². The number of allylic oxidation sites excluding steroid dienone is 1. The van der Waals surface area contributed by atoms with E-state index < -0.39 is 17.7 Å². The zero-order valence-electron chi connectivity index (χ0n) is 14.0. The predicted octanol–water partition coefficient (Wildman–Crippen LogP) is 4.28. The topological polar surface area (TPSA) is 58.2 Å². The second kappa shape index (κ2) is 9.57. The summed E-state index contributed by atoms with van der Waals surface area (Å²) in [5.41, 5.74) is -1.20. The highest BCUT2D eigenvalue weighted by molar-refractivity contribution is 7.12. The first-order valence-electron chi connectivity index (χ1n) is 7.92. The normalized spacial score (nSPS) is 11.9. The number of carbonyl (C=O) groups is 2. The van der Waals surface area contributed by atoms with Gasteiger partial charge in [-0.25, -0.2) is 0 Å². The molecule has 0 bridgehead atoms. The molecular formula is C18H16ClF3N2O2S. The first-order valence-corrected chi connectivity index (χ1v) is 9.17. The van der Waals surface area contributed by atoms with Crippen LogP contribution in [0.25, 0.3) is 5.57 Å². The SMILES string of the molecule is O=C(C=C(c1ccc(Cl)cc1)C(F)(F)F)NCCCNC(=O)c1cccs1. The van der Waals surface area contributed by atoms with Gasteiger partial charge in [0.1, 0.15) is 0 Å². The van der Waals surface area contributed by atoms with Gasteiger partial charge in [0.2, 0.25) is 5.91 Å². The molecule has 0 aliphatic rings. The number of nitrogens with one attached hydrogen (secondary N) is 2. The van der Waals surface area contributed by atoms with Crippen LogP contribution in [0, 0.1) is 0 Å². The smallest absolute Gasteiger partial charge is 0.352 e. The summed E-state index contributed by atoms with van der Waals surface area (Å²) in [6.07, 6.45) is -3.77. The summed E-state index contributed by atoms with van der Waals surface area (Å²) in [6, 6.07) is 8.49. The maximum atomic E-state index is 13.2. The zero-order valence-corrected chi connectivity index (χ0v) is 15.5. The summed E-state index contributed by atoms with van der Waals surface area (Å²) in [5.74, 6) is -1.08. The molecule has 0 saturated heterocycles. The summed E-state index contributed by atoms with van der Waals surface area (Å²) >= 11 is 6.98. The quantitative estimate of drug-likeness (QED) is 0.522. The third kappa shape index (κ3) is 6.73. The summed E-state index contributed by atoms with van der Waals surface area (Å²) in [4.78, 5) is 24.1. The molecule has 144 valence electrons. The Bertz CT molecular complexity index is 803. The number of halogens is 4. The zero-order chi connectivity index (χ0) is 19.9. The molecule has 0 unspecified atom stereocenters. The number of thiophene rings is 1. The van der Waals surface area contributed by atoms with Gasteiger partial charge in [0.15, 0.2) is 0 Å². The minimum Gasteiger partial charge on any atom is -0.352 e. The van der Waals surface area contributed by atoms with E-state index in [-0.39, 0.29) is 18.0 Å². The first-order chi connectivity index (χ1) is 12.8. The Morgan fingerprint density at radius 2 is 1.74 bits per heavy atom. The average molecular weight is 417 g/mol. The highest BCUT2D eigenvalue weighted by Crippen LogP contribution is 2.34. The Morgan fingerprint density at radius 3 is 2.33 bits per heavy atom. The number of benzene rings is 1. The van der Waals surface area contributed by atoms with Crippen LogP contribution < -0.4 is 10.6 Å². The second-order valence-electron chi connectivity index (χ2n) is 5.44. The van der Waals surface area contributed by atoms with Gasteiger partial charge in [0, 0.05) is 24.2 Å². The summed E-state index contributed by atoms with van der Waals surface area (Å²) in [5, 5.41) is 7.13. The van der Waals surface area contributed by atoms with Crippen molar-refractivity contribution >= 4 is 40.3 Å². The van der Waals surface area contributed by atoms with Gasteiger partial charge >= 0.3 is 6.18 Å². The molecule has 0 aliphatic carbocycles. The van der Waals surface area contributed by atoms with Gasteiger partial charge in [-0.3, -0.25) is 9.59 Å². The van der Waals surface area contributed by atoms with Crippen molar-refractivity contribution in [3.05, 3.63) is 63.3 Å². The molecule has 1 heterocycles. The van der Waals surface area contributed by atoms with E-state index in [1.54, 1.807) is 17.5 Å². The molecule has 27 heavy (non-hydrogen) atoms. The van der Waals surface area contributed by atoms with Crippen molar-refractivity contribution in [2.75, 3.05) is 13.1 Å². The predicted molar refractivity (Wildman–Crippen MR) is 99.8 cm³/mol. The Kier molecular flexibility index (Phi) is 7.44. The van der Waals surface area contributed by atoms with Crippen LogP contribution in [0.4, 0.5) is 13.2 Å². The van der Waals surface area contributed by atoms with Crippen LogP contribution >= 0.6 is 22.9 Å². The van der Waals surface area contributed by atoms with Gasteiger partial charge in [0.05, 0.1) is 10.5 Å². The molecule has 0 fully saturated rings. The Hall–Kier alpha value is -2.32. The highest BCUT2D eigenvalue weighted by atomic mass is 35.5. The third-order valence-electron chi connectivity index (χ3n) is 3.42. The number of hydrogen-bond donors (Lipinski definition) is 2. The van der Waals surface area contributed by atoms with Gasteiger partial charge in [0.25, 0.3) is 5.91 Å². The average Bonchev–Trinajstić information content (AvgIpc) is 3.14. The molecule has 0 radical (unpaired) electrons. The minimum atomic E-state index is -4.68. The van der Waals surface area contributed by atoms with E-state index >= 15 is 0 Å². The molecular weight excluding hydrogens is 401 g/mol. The molecule has 0 atom stereocenters. The fourth-order valence-electron chi connectivity index (χ4n) is 2.14. The largest absolute Gasteiger partial charge is 0.417 e. The van der Waals surface area contributed by atoms with Gasteiger partial charge in [-0.1, -0.05) is 29.8 Å². The van der Waals surface area contributed by atoms with Crippen LogP contribution in [0.1, 0.15) is 21.7 Å². The van der Waals surface area contributed by atoms with E-state index in [0.29, 0.717) is 28.9 Å². The lowest BCUT2D eigenvalue weighted by Crippen LogP contribution is -2.29. The number of hydrogen-bond acceptors (Lipinski definition) is 3. The van der Waals surface area contributed by atoms with Crippen LogP contribution in [0.15, 0.2) is 47.9 Å². The number of amides is 2. The number of rotatable bonds is 7. The van der Waals surface area contributed by atoms with Crippen LogP contribution in [-0.4, -0.2) is 31.1 Å². The molecule has 0 aliphatic heterocycles. The summed E-state index contributed by atoms with van der Waals surface area (Å²) in [6.45, 7) is 0.426. The van der Waals surface area contributed by atoms with Crippen LogP contribution in [0.3, 0.4) is 0 Å². The van der Waals surface area contributed by atoms with Crippen molar-refractivity contribution in [2.45, 2.75) is 12.6 Å². The van der Waals surface area contributed by atoms with E-state index in [9.17, 15) is 22.8 Å². The summed E-state index contributed by atoms with van der Waals surface area (Å²) < 4.78 is 39.6. The van der Waals surface area contributed by atoms with E-state index in [4.69, 9.17) is 11.6 Å². The summed E-state index contributed by atoms with van der Waals surface area (Å²) in [7, 11) is 0. The Labute approximate surface area is 163 Å².